The summed E-state index contributed by atoms with van der Waals surface area (Å²) in [7, 11) is 2.09. The Labute approximate surface area is 167 Å². The first-order valence-electron chi connectivity index (χ1n) is 10.4. The molecule has 5 nitrogen and oxygen atoms in total. The van der Waals surface area contributed by atoms with Gasteiger partial charge in [0.05, 0.1) is 24.3 Å². The van der Waals surface area contributed by atoms with Gasteiger partial charge in [-0.05, 0) is 52.0 Å². The van der Waals surface area contributed by atoms with Gasteiger partial charge in [-0.15, -0.1) is 0 Å². The van der Waals surface area contributed by atoms with E-state index in [1.807, 2.05) is 13.0 Å². The predicted octanol–water partition coefficient (Wildman–Crippen LogP) is 3.57. The van der Waals surface area contributed by atoms with E-state index in [4.69, 9.17) is 9.72 Å². The molecule has 150 valence electrons. The lowest BCUT2D eigenvalue weighted by Gasteiger charge is -2.35. The monoisotopic (exact) mass is 381 g/mol. The third-order valence-corrected chi connectivity index (χ3v) is 6.96. The highest BCUT2D eigenvalue weighted by molar-refractivity contribution is 5.79. The number of nitrogens with zero attached hydrogens (tertiary/aromatic N) is 3. The Balaban J connectivity index is 1.65. The van der Waals surface area contributed by atoms with Gasteiger partial charge >= 0.3 is 5.97 Å². The maximum absolute atomic E-state index is 13.2. The molecular weight excluding hydrogens is 350 g/mol. The molecule has 2 aromatic rings. The molecule has 0 spiro atoms. The molecule has 0 saturated carbocycles. The van der Waals surface area contributed by atoms with E-state index in [1.165, 1.54) is 11.3 Å². The summed E-state index contributed by atoms with van der Waals surface area (Å²) in [4.78, 5) is 20.5. The second-order valence-electron chi connectivity index (χ2n) is 8.42. The minimum atomic E-state index is -0.449. The molecule has 2 aliphatic heterocycles. The summed E-state index contributed by atoms with van der Waals surface area (Å²) in [6.45, 7) is 7.32. The van der Waals surface area contributed by atoms with Crippen molar-refractivity contribution in [3.8, 4) is 0 Å². The van der Waals surface area contributed by atoms with Crippen LogP contribution in [0, 0.1) is 19.3 Å². The van der Waals surface area contributed by atoms with Gasteiger partial charge < -0.3 is 9.30 Å². The highest BCUT2D eigenvalue weighted by Crippen LogP contribution is 2.52. The van der Waals surface area contributed by atoms with Crippen LogP contribution in [0.25, 0.3) is 0 Å². The van der Waals surface area contributed by atoms with Crippen LogP contribution in [-0.4, -0.2) is 39.1 Å². The van der Waals surface area contributed by atoms with Crippen LogP contribution in [0.3, 0.4) is 0 Å². The van der Waals surface area contributed by atoms with Gasteiger partial charge in [0, 0.05) is 24.8 Å². The van der Waals surface area contributed by atoms with Gasteiger partial charge in [-0.1, -0.05) is 30.3 Å². The fourth-order valence-electron chi connectivity index (χ4n) is 5.35. The van der Waals surface area contributed by atoms with Crippen LogP contribution in [-0.2, 0) is 29.5 Å². The quantitative estimate of drug-likeness (QED) is 0.718. The van der Waals surface area contributed by atoms with Gasteiger partial charge in [0.1, 0.15) is 5.82 Å². The van der Waals surface area contributed by atoms with E-state index in [9.17, 15) is 4.79 Å². The predicted molar refractivity (Wildman–Crippen MR) is 109 cm³/mol. The number of aromatic nitrogens is 2. The SMILES string of the molecule is CCOC(=O)[C@]1(Cc2ccccc2)C[C@@H]2CC[C@H]1N2Cc1nc(C)c(C)n1C. The standard InChI is InChI=1S/C23H31N3O2/c1-5-28-22(27)23(13-18-9-7-6-8-10-18)14-19-11-12-20(23)26(19)15-21-24-16(2)17(3)25(21)4/h6-10,19-20H,5,11-15H2,1-4H3/t19-,20+,23+/m0/s1. The number of carbonyl (C=O) groups is 1. The van der Waals surface area contributed by atoms with Gasteiger partial charge in [0.15, 0.2) is 0 Å². The average molecular weight is 382 g/mol. The van der Waals surface area contributed by atoms with E-state index in [0.29, 0.717) is 12.6 Å². The molecule has 0 unspecified atom stereocenters. The fourth-order valence-corrected chi connectivity index (χ4v) is 5.35. The van der Waals surface area contributed by atoms with E-state index >= 15 is 0 Å². The number of hydrogen-bond acceptors (Lipinski definition) is 4. The molecule has 2 saturated heterocycles. The molecule has 2 fully saturated rings. The third-order valence-electron chi connectivity index (χ3n) is 6.96. The lowest BCUT2D eigenvalue weighted by atomic mass is 9.70. The van der Waals surface area contributed by atoms with Crippen molar-refractivity contribution in [3.63, 3.8) is 0 Å². The molecule has 28 heavy (non-hydrogen) atoms. The second-order valence-corrected chi connectivity index (χ2v) is 8.42. The summed E-state index contributed by atoms with van der Waals surface area (Å²) in [6, 6.07) is 11.0. The zero-order valence-electron chi connectivity index (χ0n) is 17.4. The molecular formula is C23H31N3O2. The molecule has 0 aliphatic carbocycles. The molecule has 5 heteroatoms. The number of fused-ring (bicyclic) bond motifs is 2. The number of esters is 1. The molecule has 0 N–H and O–H groups in total. The fraction of sp³-hybridized carbons (Fsp3) is 0.565. The van der Waals surface area contributed by atoms with Gasteiger partial charge in [0.2, 0.25) is 0 Å². The van der Waals surface area contributed by atoms with Crippen LogP contribution in [0.15, 0.2) is 30.3 Å². The molecule has 3 atom stereocenters. The second kappa shape index (κ2) is 7.36. The Morgan fingerprint density at radius 3 is 2.64 bits per heavy atom. The van der Waals surface area contributed by atoms with E-state index < -0.39 is 5.41 Å². The van der Waals surface area contributed by atoms with Crippen molar-refractivity contribution < 1.29 is 9.53 Å². The first kappa shape index (κ1) is 19.2. The number of benzene rings is 1. The van der Waals surface area contributed by atoms with Gasteiger partial charge in [-0.25, -0.2) is 4.98 Å². The largest absolute Gasteiger partial charge is 0.466 e. The number of rotatable bonds is 6. The molecule has 2 aliphatic rings. The normalized spacial score (nSPS) is 26.7. The zero-order valence-corrected chi connectivity index (χ0v) is 17.4. The lowest BCUT2D eigenvalue weighted by molar-refractivity contribution is -0.157. The summed E-state index contributed by atoms with van der Waals surface area (Å²) in [5.41, 5.74) is 3.06. The number of imidazole rings is 1. The molecule has 2 bridgehead atoms. The maximum atomic E-state index is 13.2. The van der Waals surface area contributed by atoms with Crippen molar-refractivity contribution in [1.29, 1.82) is 0 Å². The Hall–Kier alpha value is -2.14. The summed E-state index contributed by atoms with van der Waals surface area (Å²) in [5.74, 6) is 1.06. The number of hydrogen-bond donors (Lipinski definition) is 0. The summed E-state index contributed by atoms with van der Waals surface area (Å²) in [5, 5.41) is 0. The van der Waals surface area contributed by atoms with E-state index in [2.05, 4.69) is 54.6 Å². The van der Waals surface area contributed by atoms with E-state index in [1.54, 1.807) is 0 Å². The van der Waals surface area contributed by atoms with Crippen LogP contribution >= 0.6 is 0 Å². The first-order chi connectivity index (χ1) is 13.5. The molecule has 1 aromatic carbocycles. The molecule has 3 heterocycles. The maximum Gasteiger partial charge on any atom is 0.314 e. The Morgan fingerprint density at radius 2 is 2.00 bits per heavy atom. The van der Waals surface area contributed by atoms with Crippen LogP contribution in [0.4, 0.5) is 0 Å². The average Bonchev–Trinajstić information content (AvgIpc) is 3.29. The number of ether oxygens (including phenoxy) is 1. The van der Waals surface area contributed by atoms with Crippen molar-refractivity contribution in [2.24, 2.45) is 12.5 Å². The van der Waals surface area contributed by atoms with Crippen LogP contribution in [0.1, 0.15) is 49.0 Å². The lowest BCUT2D eigenvalue weighted by Crippen LogP contribution is -2.46. The Morgan fingerprint density at radius 1 is 1.25 bits per heavy atom. The number of aryl methyl sites for hydroxylation is 1. The van der Waals surface area contributed by atoms with Crippen molar-refractivity contribution in [1.82, 2.24) is 14.5 Å². The summed E-state index contributed by atoms with van der Waals surface area (Å²) < 4.78 is 7.80. The summed E-state index contributed by atoms with van der Waals surface area (Å²) in [6.07, 6.45) is 3.85. The number of carbonyl (C=O) groups excluding carboxylic acids is 1. The first-order valence-corrected chi connectivity index (χ1v) is 10.4. The molecule has 4 rings (SSSR count). The topological polar surface area (TPSA) is 47.4 Å². The minimum Gasteiger partial charge on any atom is -0.466 e. The van der Waals surface area contributed by atoms with Crippen molar-refractivity contribution >= 4 is 5.97 Å². The van der Waals surface area contributed by atoms with Gasteiger partial charge in [-0.3, -0.25) is 9.69 Å². The Bertz CT molecular complexity index is 860. The van der Waals surface area contributed by atoms with Crippen LogP contribution < -0.4 is 0 Å². The van der Waals surface area contributed by atoms with Crippen molar-refractivity contribution in [3.05, 3.63) is 53.1 Å². The highest BCUT2D eigenvalue weighted by atomic mass is 16.5. The zero-order chi connectivity index (χ0) is 19.9. The molecule has 0 amide bonds. The highest BCUT2D eigenvalue weighted by Gasteiger charge is 2.60. The molecule has 0 radical (unpaired) electrons. The smallest absolute Gasteiger partial charge is 0.314 e. The minimum absolute atomic E-state index is 0.0248. The van der Waals surface area contributed by atoms with Gasteiger partial charge in [-0.2, -0.15) is 0 Å². The van der Waals surface area contributed by atoms with Crippen LogP contribution in [0.5, 0.6) is 0 Å². The van der Waals surface area contributed by atoms with Crippen LogP contribution in [0.2, 0.25) is 0 Å². The molecule has 1 aromatic heterocycles. The van der Waals surface area contributed by atoms with Crippen molar-refractivity contribution in [2.75, 3.05) is 6.61 Å². The van der Waals surface area contributed by atoms with Gasteiger partial charge in [0.25, 0.3) is 0 Å². The third kappa shape index (κ3) is 3.06. The summed E-state index contributed by atoms with van der Waals surface area (Å²) >= 11 is 0. The van der Waals surface area contributed by atoms with Crippen molar-refractivity contribution in [2.45, 2.75) is 65.1 Å². The Kier molecular flexibility index (Phi) is 5.04. The van der Waals surface area contributed by atoms with E-state index in [0.717, 1.165) is 43.7 Å². The van der Waals surface area contributed by atoms with E-state index in [-0.39, 0.29) is 12.0 Å².